The summed E-state index contributed by atoms with van der Waals surface area (Å²) in [6, 6.07) is 0.103. The lowest BCUT2D eigenvalue weighted by Gasteiger charge is -2.24. The van der Waals surface area contributed by atoms with E-state index in [2.05, 4.69) is 0 Å². The van der Waals surface area contributed by atoms with Crippen molar-refractivity contribution in [3.05, 3.63) is 34.4 Å². The lowest BCUT2D eigenvalue weighted by Crippen LogP contribution is -2.48. The summed E-state index contributed by atoms with van der Waals surface area (Å²) in [5.41, 5.74) is -0.355. The van der Waals surface area contributed by atoms with Crippen LogP contribution in [0.1, 0.15) is 23.2 Å². The molecule has 1 heterocycles. The first-order chi connectivity index (χ1) is 11.1. The third-order valence-electron chi connectivity index (χ3n) is 3.52. The van der Waals surface area contributed by atoms with E-state index in [1.165, 1.54) is 0 Å². The molecule has 1 aliphatic rings. The monoisotopic (exact) mass is 370 g/mol. The van der Waals surface area contributed by atoms with Crippen molar-refractivity contribution in [2.75, 3.05) is 13.1 Å². The first kappa shape index (κ1) is 18.4. The Kier molecular flexibility index (Phi) is 5.32. The fraction of sp³-hybridized carbons (Fsp3) is 0.429. The fourth-order valence-electron chi connectivity index (χ4n) is 2.43. The summed E-state index contributed by atoms with van der Waals surface area (Å²) < 4.78 is 62.9. The maximum absolute atomic E-state index is 13.3. The van der Waals surface area contributed by atoms with Crippen molar-refractivity contribution >= 4 is 23.4 Å². The predicted molar refractivity (Wildman–Crippen MR) is 74.5 cm³/mol. The number of likely N-dealkylation sites (tertiary alicyclic amines) is 1. The van der Waals surface area contributed by atoms with Crippen molar-refractivity contribution in [3.8, 4) is 0 Å². The van der Waals surface area contributed by atoms with Gasteiger partial charge in [-0.1, -0.05) is 11.6 Å². The third kappa shape index (κ3) is 4.14. The summed E-state index contributed by atoms with van der Waals surface area (Å²) in [7, 11) is 0. The van der Waals surface area contributed by atoms with Crippen LogP contribution in [0.3, 0.4) is 0 Å². The van der Waals surface area contributed by atoms with E-state index in [0.717, 1.165) is 4.90 Å². The van der Waals surface area contributed by atoms with E-state index in [4.69, 9.17) is 11.6 Å². The van der Waals surface area contributed by atoms with Gasteiger partial charge in [-0.05, 0) is 25.0 Å². The third-order valence-corrected chi connectivity index (χ3v) is 3.83. The second-order valence-corrected chi connectivity index (χ2v) is 5.64. The van der Waals surface area contributed by atoms with Crippen LogP contribution in [0, 0.1) is 11.6 Å². The summed E-state index contributed by atoms with van der Waals surface area (Å²) in [6.07, 6.45) is -4.03. The molecule has 1 atom stereocenters. The molecule has 1 aliphatic heterocycles. The first-order valence-corrected chi connectivity index (χ1v) is 7.28. The van der Waals surface area contributed by atoms with Crippen molar-refractivity contribution in [3.63, 3.8) is 0 Å². The van der Waals surface area contributed by atoms with Gasteiger partial charge in [-0.3, -0.25) is 9.59 Å². The zero-order valence-corrected chi connectivity index (χ0v) is 12.8. The molecule has 0 spiro atoms. The number of nitrogens with one attached hydrogen (secondary N) is 1. The largest absolute Gasteiger partial charge is 0.405 e. The molecule has 24 heavy (non-hydrogen) atoms. The van der Waals surface area contributed by atoms with Gasteiger partial charge in [0.25, 0.3) is 5.91 Å². The minimum absolute atomic E-state index is 0.0955. The number of carbonyl (C=O) groups is 2. The van der Waals surface area contributed by atoms with Gasteiger partial charge in [0.1, 0.15) is 12.6 Å². The van der Waals surface area contributed by atoms with Crippen molar-refractivity contribution in [1.29, 1.82) is 0 Å². The van der Waals surface area contributed by atoms with Gasteiger partial charge in [0.05, 0.1) is 10.6 Å². The molecular formula is C14H12ClF5N2O2. The number of carbonyl (C=O) groups excluding carboxylic acids is 2. The van der Waals surface area contributed by atoms with Crippen LogP contribution in [-0.2, 0) is 4.79 Å². The topological polar surface area (TPSA) is 49.4 Å². The van der Waals surface area contributed by atoms with Crippen LogP contribution in [0.4, 0.5) is 22.0 Å². The van der Waals surface area contributed by atoms with E-state index < -0.39 is 42.2 Å². The highest BCUT2D eigenvalue weighted by atomic mass is 35.5. The van der Waals surface area contributed by atoms with Crippen molar-refractivity contribution in [2.45, 2.75) is 25.1 Å². The highest BCUT2D eigenvalue weighted by Gasteiger charge is 2.37. The minimum atomic E-state index is -4.58. The van der Waals surface area contributed by atoms with Crippen LogP contribution >= 0.6 is 11.6 Å². The minimum Gasteiger partial charge on any atom is -0.345 e. The molecule has 0 aromatic heterocycles. The molecule has 1 aromatic carbocycles. The van der Waals surface area contributed by atoms with Crippen molar-refractivity contribution in [2.24, 2.45) is 0 Å². The fourth-order valence-corrected chi connectivity index (χ4v) is 2.66. The van der Waals surface area contributed by atoms with E-state index in [1.54, 1.807) is 5.32 Å². The quantitative estimate of drug-likeness (QED) is 0.657. The maximum Gasteiger partial charge on any atom is 0.405 e. The molecule has 4 nitrogen and oxygen atoms in total. The van der Waals surface area contributed by atoms with Gasteiger partial charge in [0.15, 0.2) is 11.6 Å². The van der Waals surface area contributed by atoms with E-state index in [1.807, 2.05) is 0 Å². The van der Waals surface area contributed by atoms with E-state index in [-0.39, 0.29) is 23.6 Å². The molecule has 1 fully saturated rings. The Morgan fingerprint density at radius 3 is 2.50 bits per heavy atom. The number of hydrogen-bond donors (Lipinski definition) is 1. The molecule has 1 N–H and O–H groups in total. The number of hydrogen-bond acceptors (Lipinski definition) is 2. The lowest BCUT2D eigenvalue weighted by atomic mass is 10.1. The van der Waals surface area contributed by atoms with Gasteiger partial charge in [-0.25, -0.2) is 8.78 Å². The zero-order chi connectivity index (χ0) is 18.1. The van der Waals surface area contributed by atoms with E-state index >= 15 is 0 Å². The number of rotatable bonds is 3. The first-order valence-electron chi connectivity index (χ1n) is 6.90. The molecule has 2 amide bonds. The van der Waals surface area contributed by atoms with Crippen LogP contribution in [0.5, 0.6) is 0 Å². The second kappa shape index (κ2) is 6.92. The Bertz CT molecular complexity index is 665. The Labute approximate surface area is 138 Å². The van der Waals surface area contributed by atoms with Crippen molar-refractivity contribution in [1.82, 2.24) is 10.2 Å². The van der Waals surface area contributed by atoms with Crippen LogP contribution in [0.15, 0.2) is 12.1 Å². The number of nitrogens with zero attached hydrogens (tertiary/aromatic N) is 1. The maximum atomic E-state index is 13.3. The normalized spacial score (nSPS) is 17.9. The van der Waals surface area contributed by atoms with Crippen molar-refractivity contribution < 1.29 is 31.5 Å². The van der Waals surface area contributed by atoms with Gasteiger partial charge in [-0.2, -0.15) is 13.2 Å². The summed E-state index contributed by atoms with van der Waals surface area (Å²) in [5, 5.41) is 1.36. The second-order valence-electron chi connectivity index (χ2n) is 5.24. The van der Waals surface area contributed by atoms with Gasteiger partial charge in [-0.15, -0.1) is 0 Å². The Morgan fingerprint density at radius 2 is 1.88 bits per heavy atom. The summed E-state index contributed by atoms with van der Waals surface area (Å²) in [6.45, 7) is -1.42. The van der Waals surface area contributed by atoms with Crippen LogP contribution in [0.2, 0.25) is 5.02 Å². The smallest absolute Gasteiger partial charge is 0.345 e. The molecule has 0 unspecified atom stereocenters. The average Bonchev–Trinajstić information content (AvgIpc) is 2.96. The highest BCUT2D eigenvalue weighted by Crippen LogP contribution is 2.26. The summed E-state index contributed by atoms with van der Waals surface area (Å²) >= 11 is 5.72. The Balaban J connectivity index is 2.17. The molecule has 1 aromatic rings. The molecule has 1 saturated heterocycles. The number of alkyl halides is 3. The molecule has 10 heteroatoms. The SMILES string of the molecule is O=C(NCC(F)(F)F)[C@H]1CCCN1C(=O)c1cc(F)c(F)cc1Cl. The van der Waals surface area contributed by atoms with Crippen LogP contribution in [-0.4, -0.2) is 42.0 Å². The molecule has 0 saturated carbocycles. The molecule has 132 valence electrons. The van der Waals surface area contributed by atoms with E-state index in [9.17, 15) is 31.5 Å². The molecular weight excluding hydrogens is 359 g/mol. The van der Waals surface area contributed by atoms with Crippen LogP contribution < -0.4 is 5.32 Å². The summed E-state index contributed by atoms with van der Waals surface area (Å²) in [5.74, 6) is -4.34. The molecule has 0 radical (unpaired) electrons. The number of halogens is 6. The van der Waals surface area contributed by atoms with Gasteiger partial charge >= 0.3 is 6.18 Å². The molecule has 0 bridgehead atoms. The number of amides is 2. The van der Waals surface area contributed by atoms with Crippen LogP contribution in [0.25, 0.3) is 0 Å². The standard InChI is InChI=1S/C14H12ClF5N2O2/c15-8-5-10(17)9(16)4-7(8)13(24)22-3-1-2-11(22)12(23)21-6-14(18,19)20/h4-5,11H,1-3,6H2,(H,21,23)/t11-/m1/s1. The lowest BCUT2D eigenvalue weighted by molar-refractivity contribution is -0.140. The van der Waals surface area contributed by atoms with Gasteiger partial charge < -0.3 is 10.2 Å². The Morgan fingerprint density at radius 1 is 1.25 bits per heavy atom. The molecule has 0 aliphatic carbocycles. The highest BCUT2D eigenvalue weighted by molar-refractivity contribution is 6.33. The number of benzene rings is 1. The predicted octanol–water partition coefficient (Wildman–Crippen LogP) is 2.90. The zero-order valence-electron chi connectivity index (χ0n) is 12.1. The summed E-state index contributed by atoms with van der Waals surface area (Å²) in [4.78, 5) is 25.3. The van der Waals surface area contributed by atoms with E-state index in [0.29, 0.717) is 18.6 Å². The average molecular weight is 371 g/mol. The Hall–Kier alpha value is -1.90. The van der Waals surface area contributed by atoms with Gasteiger partial charge in [0.2, 0.25) is 5.91 Å². The molecule has 2 rings (SSSR count). The van der Waals surface area contributed by atoms with Gasteiger partial charge in [0, 0.05) is 6.54 Å².